The molecule has 0 aliphatic heterocycles. The number of nitrogens with one attached hydrogen (secondary N) is 1. The third-order valence-electron chi connectivity index (χ3n) is 2.22. The van der Waals surface area contributed by atoms with E-state index < -0.39 is 6.10 Å². The Hall–Kier alpha value is -1.87. The van der Waals surface area contributed by atoms with E-state index in [9.17, 15) is 9.90 Å². The van der Waals surface area contributed by atoms with Crippen LogP contribution in [0, 0.1) is 0 Å². The van der Waals surface area contributed by atoms with Gasteiger partial charge in [-0.15, -0.1) is 0 Å². The van der Waals surface area contributed by atoms with E-state index in [1.54, 1.807) is 31.2 Å². The fourth-order valence-corrected chi connectivity index (χ4v) is 1.40. The molecule has 1 aromatic rings. The number of hydrogen-bond donors (Lipinski definition) is 2. The maximum atomic E-state index is 11.5. The number of aliphatic hydroxyl groups excluding tert-OH is 1. The lowest BCUT2D eigenvalue weighted by Crippen LogP contribution is -2.10. The molecule has 0 saturated heterocycles. The maximum Gasteiger partial charge on any atom is 0.248 e. The van der Waals surface area contributed by atoms with E-state index in [2.05, 4.69) is 5.32 Å². The molecule has 1 rings (SSSR count). The minimum absolute atomic E-state index is 0.212. The van der Waals surface area contributed by atoms with Gasteiger partial charge in [-0.1, -0.05) is 36.4 Å². The molecule has 90 valence electrons. The third-order valence-corrected chi connectivity index (χ3v) is 2.22. The van der Waals surface area contributed by atoms with Crippen molar-refractivity contribution in [2.75, 3.05) is 5.32 Å². The van der Waals surface area contributed by atoms with Gasteiger partial charge in [-0.3, -0.25) is 4.79 Å². The highest BCUT2D eigenvalue weighted by molar-refractivity contribution is 5.99. The Bertz CT molecular complexity index is 434. The number of para-hydroxylation sites is 1. The molecule has 3 heteroatoms. The van der Waals surface area contributed by atoms with Crippen molar-refractivity contribution in [1.29, 1.82) is 0 Å². The molecule has 1 amide bonds. The van der Waals surface area contributed by atoms with Crippen molar-refractivity contribution < 1.29 is 9.90 Å². The summed E-state index contributed by atoms with van der Waals surface area (Å²) in [6.07, 6.45) is 6.12. The van der Waals surface area contributed by atoms with Crippen molar-refractivity contribution in [2.24, 2.45) is 0 Å². The molecule has 1 unspecified atom stereocenters. The number of carbonyl (C=O) groups excluding carboxylic acids is 1. The zero-order valence-corrected chi connectivity index (χ0v) is 10.1. The third kappa shape index (κ3) is 4.25. The molecule has 0 spiro atoms. The average Bonchev–Trinajstić information content (AvgIpc) is 2.29. The molecule has 1 atom stereocenters. The molecule has 0 radical (unpaired) electrons. The van der Waals surface area contributed by atoms with Gasteiger partial charge in [0.25, 0.3) is 0 Å². The molecule has 0 aliphatic carbocycles. The predicted molar refractivity (Wildman–Crippen MR) is 69.7 cm³/mol. The molecule has 0 fully saturated rings. The van der Waals surface area contributed by atoms with Gasteiger partial charge in [0.15, 0.2) is 0 Å². The molecule has 0 aromatic heterocycles. The van der Waals surface area contributed by atoms with E-state index >= 15 is 0 Å². The summed E-state index contributed by atoms with van der Waals surface area (Å²) in [7, 11) is 0. The number of hydrogen-bond acceptors (Lipinski definition) is 2. The largest absolute Gasteiger partial charge is 0.389 e. The van der Waals surface area contributed by atoms with Crippen molar-refractivity contribution in [2.45, 2.75) is 20.0 Å². The predicted octanol–water partition coefficient (Wildman–Crippen LogP) is 2.81. The number of aliphatic hydroxyl groups is 1. The number of benzene rings is 1. The highest BCUT2D eigenvalue weighted by atomic mass is 16.3. The van der Waals surface area contributed by atoms with Gasteiger partial charge in [-0.2, -0.15) is 0 Å². The Morgan fingerprint density at radius 1 is 1.35 bits per heavy atom. The highest BCUT2D eigenvalue weighted by Crippen LogP contribution is 2.21. The summed E-state index contributed by atoms with van der Waals surface area (Å²) in [4.78, 5) is 11.5. The Labute approximate surface area is 101 Å². The van der Waals surface area contributed by atoms with Crippen LogP contribution in [0.15, 0.2) is 48.6 Å². The van der Waals surface area contributed by atoms with Crippen molar-refractivity contribution >= 4 is 11.6 Å². The van der Waals surface area contributed by atoms with Crippen molar-refractivity contribution in [3.8, 4) is 0 Å². The van der Waals surface area contributed by atoms with Crippen molar-refractivity contribution in [1.82, 2.24) is 0 Å². The number of amides is 1. The van der Waals surface area contributed by atoms with Gasteiger partial charge in [0.1, 0.15) is 0 Å². The van der Waals surface area contributed by atoms with Gasteiger partial charge in [-0.25, -0.2) is 0 Å². The van der Waals surface area contributed by atoms with Crippen LogP contribution in [0.4, 0.5) is 5.69 Å². The van der Waals surface area contributed by atoms with E-state index in [1.165, 1.54) is 6.08 Å². The second-order valence-electron chi connectivity index (χ2n) is 3.64. The summed E-state index contributed by atoms with van der Waals surface area (Å²) in [5, 5.41) is 12.3. The molecule has 3 nitrogen and oxygen atoms in total. The molecule has 2 N–H and O–H groups in total. The number of anilines is 1. The first kappa shape index (κ1) is 13.2. The second-order valence-corrected chi connectivity index (χ2v) is 3.64. The first-order valence-corrected chi connectivity index (χ1v) is 5.52. The summed E-state index contributed by atoms with van der Waals surface area (Å²) < 4.78 is 0. The van der Waals surface area contributed by atoms with Crippen LogP contribution in [-0.2, 0) is 4.79 Å². The quantitative estimate of drug-likeness (QED) is 0.618. The van der Waals surface area contributed by atoms with Crippen LogP contribution in [0.2, 0.25) is 0 Å². The standard InChI is InChI=1S/C14H17NO2/c1-3-4-5-10-14(17)15-13-9-7-6-8-12(13)11(2)16/h3-11,16H,1-2H3,(H,15,17)/b4-3+,10-5+. The zero-order chi connectivity index (χ0) is 12.7. The smallest absolute Gasteiger partial charge is 0.248 e. The van der Waals surface area contributed by atoms with Crippen LogP contribution in [0.1, 0.15) is 25.5 Å². The fourth-order valence-electron chi connectivity index (χ4n) is 1.40. The molecule has 0 aliphatic rings. The van der Waals surface area contributed by atoms with Crippen molar-refractivity contribution in [3.05, 3.63) is 54.1 Å². The van der Waals surface area contributed by atoms with Crippen molar-refractivity contribution in [3.63, 3.8) is 0 Å². The van der Waals surface area contributed by atoms with Crippen LogP contribution in [0.5, 0.6) is 0 Å². The SMILES string of the molecule is C/C=C/C=C/C(=O)Nc1ccccc1C(C)O. The summed E-state index contributed by atoms with van der Waals surface area (Å²) in [5.74, 6) is -0.212. The lowest BCUT2D eigenvalue weighted by molar-refractivity contribution is -0.111. The molecule has 0 bridgehead atoms. The zero-order valence-electron chi connectivity index (χ0n) is 10.1. The fraction of sp³-hybridized carbons (Fsp3) is 0.214. The Morgan fingerprint density at radius 3 is 2.71 bits per heavy atom. The van der Waals surface area contributed by atoms with Gasteiger partial charge in [0.05, 0.1) is 6.10 Å². The molecule has 0 heterocycles. The normalized spacial score (nSPS) is 13.1. The van der Waals surface area contributed by atoms with Crippen LogP contribution in [0.3, 0.4) is 0 Å². The number of carbonyl (C=O) groups is 1. The van der Waals surface area contributed by atoms with Gasteiger partial charge >= 0.3 is 0 Å². The molecule has 0 saturated carbocycles. The van der Waals surface area contributed by atoms with Crippen LogP contribution < -0.4 is 5.32 Å². The summed E-state index contributed by atoms with van der Waals surface area (Å²) in [5.41, 5.74) is 1.35. The van der Waals surface area contributed by atoms with Gasteiger partial charge < -0.3 is 10.4 Å². The molecule has 17 heavy (non-hydrogen) atoms. The minimum atomic E-state index is -0.606. The lowest BCUT2D eigenvalue weighted by atomic mass is 10.1. The minimum Gasteiger partial charge on any atom is -0.389 e. The first-order valence-electron chi connectivity index (χ1n) is 5.52. The molecule has 1 aromatic carbocycles. The van der Waals surface area contributed by atoms with Crippen LogP contribution in [-0.4, -0.2) is 11.0 Å². The van der Waals surface area contributed by atoms with Crippen LogP contribution >= 0.6 is 0 Å². The first-order chi connectivity index (χ1) is 8.15. The molecular weight excluding hydrogens is 214 g/mol. The Morgan fingerprint density at radius 2 is 2.06 bits per heavy atom. The summed E-state index contributed by atoms with van der Waals surface area (Å²) >= 11 is 0. The average molecular weight is 231 g/mol. The van der Waals surface area contributed by atoms with E-state index in [-0.39, 0.29) is 5.91 Å². The lowest BCUT2D eigenvalue weighted by Gasteiger charge is -2.11. The molecular formula is C14H17NO2. The van der Waals surface area contributed by atoms with E-state index in [0.717, 1.165) is 0 Å². The summed E-state index contributed by atoms with van der Waals surface area (Å²) in [6.45, 7) is 3.55. The maximum absolute atomic E-state index is 11.5. The van der Waals surface area contributed by atoms with Crippen LogP contribution in [0.25, 0.3) is 0 Å². The van der Waals surface area contributed by atoms with E-state index in [4.69, 9.17) is 0 Å². The number of rotatable bonds is 4. The number of allylic oxidation sites excluding steroid dienone is 3. The summed E-state index contributed by atoms with van der Waals surface area (Å²) in [6, 6.07) is 7.20. The second kappa shape index (κ2) is 6.66. The Kier molecular flexibility index (Phi) is 5.17. The van der Waals surface area contributed by atoms with E-state index in [1.807, 2.05) is 25.1 Å². The monoisotopic (exact) mass is 231 g/mol. The topological polar surface area (TPSA) is 49.3 Å². The van der Waals surface area contributed by atoms with Gasteiger partial charge in [-0.05, 0) is 19.9 Å². The van der Waals surface area contributed by atoms with E-state index in [0.29, 0.717) is 11.3 Å². The van der Waals surface area contributed by atoms with Gasteiger partial charge in [0.2, 0.25) is 5.91 Å². The Balaban J connectivity index is 2.78. The van der Waals surface area contributed by atoms with Gasteiger partial charge in [0, 0.05) is 17.3 Å². The highest BCUT2D eigenvalue weighted by Gasteiger charge is 2.07.